The second-order valence-corrected chi connectivity index (χ2v) is 7.74. The summed E-state index contributed by atoms with van der Waals surface area (Å²) in [6, 6.07) is 12.4. The van der Waals surface area contributed by atoms with E-state index >= 15 is 0 Å². The van der Waals surface area contributed by atoms with E-state index in [4.69, 9.17) is 11.6 Å². The molecule has 2 aromatic carbocycles. The van der Waals surface area contributed by atoms with Gasteiger partial charge in [0, 0.05) is 35.4 Å². The molecule has 7 heteroatoms. The lowest BCUT2D eigenvalue weighted by molar-refractivity contribution is -0.123. The number of phenols is 1. The van der Waals surface area contributed by atoms with Crippen LogP contribution in [-0.4, -0.2) is 34.2 Å². The van der Waals surface area contributed by atoms with Gasteiger partial charge in [0.15, 0.2) is 0 Å². The molecule has 2 aromatic rings. The number of aromatic hydroxyl groups is 1. The summed E-state index contributed by atoms with van der Waals surface area (Å²) in [5.74, 6) is -0.286. The number of amides is 2. The van der Waals surface area contributed by atoms with Gasteiger partial charge in [-0.2, -0.15) is 0 Å². The predicted octanol–water partition coefficient (Wildman–Crippen LogP) is 5.13. The number of carbonyl (C=O) groups excluding carboxylic acids is 2. The number of benzene rings is 2. The molecule has 0 aromatic heterocycles. The Kier molecular flexibility index (Phi) is 6.31. The van der Waals surface area contributed by atoms with Gasteiger partial charge >= 0.3 is 0 Å². The summed E-state index contributed by atoms with van der Waals surface area (Å²) in [5, 5.41) is 10.6. The van der Waals surface area contributed by atoms with Crippen molar-refractivity contribution in [3.63, 3.8) is 0 Å². The minimum Gasteiger partial charge on any atom is -0.507 e. The Labute approximate surface area is 173 Å². The molecule has 28 heavy (non-hydrogen) atoms. The molecular weight excluding hydrogens is 396 g/mol. The van der Waals surface area contributed by atoms with Crippen LogP contribution in [0, 0.1) is 0 Å². The zero-order valence-corrected chi connectivity index (χ0v) is 17.3. The third-order valence-electron chi connectivity index (χ3n) is 4.56. The molecule has 1 heterocycles. The second kappa shape index (κ2) is 8.71. The summed E-state index contributed by atoms with van der Waals surface area (Å²) in [5.41, 5.74) is 2.24. The van der Waals surface area contributed by atoms with Crippen molar-refractivity contribution in [2.75, 3.05) is 18.0 Å². The molecule has 0 atom stereocenters. The van der Waals surface area contributed by atoms with E-state index in [1.54, 1.807) is 42.5 Å². The SMILES string of the molecule is CCN(CC)c1ccc(/C=C2\SC(=O)N(Cc3ccc(Cl)cc3)C2=O)c(O)c1. The topological polar surface area (TPSA) is 60.9 Å². The van der Waals surface area contributed by atoms with Crippen molar-refractivity contribution >= 4 is 46.3 Å². The highest BCUT2D eigenvalue weighted by Crippen LogP contribution is 2.35. The van der Waals surface area contributed by atoms with Crippen LogP contribution in [0.2, 0.25) is 5.02 Å². The van der Waals surface area contributed by atoms with Gasteiger partial charge in [0.2, 0.25) is 0 Å². The van der Waals surface area contributed by atoms with Crippen LogP contribution in [0.1, 0.15) is 25.0 Å². The van der Waals surface area contributed by atoms with E-state index < -0.39 is 0 Å². The van der Waals surface area contributed by atoms with Crippen LogP contribution in [0.25, 0.3) is 6.08 Å². The zero-order valence-electron chi connectivity index (χ0n) is 15.7. The van der Waals surface area contributed by atoms with Gasteiger partial charge in [-0.05, 0) is 61.5 Å². The average Bonchev–Trinajstić information content (AvgIpc) is 2.94. The number of carbonyl (C=O) groups is 2. The quantitative estimate of drug-likeness (QED) is 0.661. The molecule has 1 aliphatic rings. The predicted molar refractivity (Wildman–Crippen MR) is 115 cm³/mol. The van der Waals surface area contributed by atoms with Crippen LogP contribution in [0.3, 0.4) is 0 Å². The van der Waals surface area contributed by atoms with Crippen molar-refractivity contribution in [2.45, 2.75) is 20.4 Å². The minimum absolute atomic E-state index is 0.0777. The largest absolute Gasteiger partial charge is 0.507 e. The van der Waals surface area contributed by atoms with Gasteiger partial charge in [-0.1, -0.05) is 23.7 Å². The average molecular weight is 417 g/mol. The third-order valence-corrected chi connectivity index (χ3v) is 5.72. The fourth-order valence-corrected chi connectivity index (χ4v) is 3.94. The Bertz CT molecular complexity index is 924. The van der Waals surface area contributed by atoms with Crippen LogP contribution in [-0.2, 0) is 11.3 Å². The van der Waals surface area contributed by atoms with E-state index in [0.29, 0.717) is 15.5 Å². The Morgan fingerprint density at radius 2 is 1.79 bits per heavy atom. The van der Waals surface area contributed by atoms with Crippen molar-refractivity contribution in [3.8, 4) is 5.75 Å². The van der Waals surface area contributed by atoms with E-state index in [1.165, 1.54) is 4.90 Å². The number of nitrogens with zero attached hydrogens (tertiary/aromatic N) is 2. The molecule has 0 unspecified atom stereocenters. The third kappa shape index (κ3) is 4.34. The maximum absolute atomic E-state index is 12.7. The molecule has 5 nitrogen and oxygen atoms in total. The van der Waals surface area contributed by atoms with E-state index in [1.807, 2.05) is 19.9 Å². The standard InChI is InChI=1S/C21H21ClN2O3S/c1-3-23(4-2)17-10-7-15(18(25)12-17)11-19-20(26)24(21(27)28-19)13-14-5-8-16(22)9-6-14/h5-12,25H,3-4,13H2,1-2H3/b19-11-. The molecule has 0 radical (unpaired) electrons. The maximum atomic E-state index is 12.7. The van der Waals surface area contributed by atoms with Crippen molar-refractivity contribution < 1.29 is 14.7 Å². The number of hydrogen-bond acceptors (Lipinski definition) is 5. The minimum atomic E-state index is -0.364. The van der Waals surface area contributed by atoms with Crippen molar-refractivity contribution in [3.05, 3.63) is 63.5 Å². The number of thioether (sulfide) groups is 1. The van der Waals surface area contributed by atoms with Gasteiger partial charge in [0.1, 0.15) is 5.75 Å². The maximum Gasteiger partial charge on any atom is 0.293 e. The molecule has 1 aliphatic heterocycles. The number of imide groups is 1. The van der Waals surface area contributed by atoms with Crippen LogP contribution in [0.4, 0.5) is 10.5 Å². The Balaban J connectivity index is 1.80. The van der Waals surface area contributed by atoms with Gasteiger partial charge in [-0.15, -0.1) is 0 Å². The van der Waals surface area contributed by atoms with Crippen molar-refractivity contribution in [1.82, 2.24) is 4.90 Å². The fourth-order valence-electron chi connectivity index (χ4n) is 2.99. The lowest BCUT2D eigenvalue weighted by Gasteiger charge is -2.21. The number of anilines is 1. The Hall–Kier alpha value is -2.44. The summed E-state index contributed by atoms with van der Waals surface area (Å²) < 4.78 is 0. The Morgan fingerprint density at radius 1 is 1.11 bits per heavy atom. The van der Waals surface area contributed by atoms with Crippen LogP contribution >= 0.6 is 23.4 Å². The molecule has 146 valence electrons. The molecule has 1 N–H and O–H groups in total. The van der Waals surface area contributed by atoms with E-state index in [9.17, 15) is 14.7 Å². The molecule has 0 spiro atoms. The van der Waals surface area contributed by atoms with Gasteiger partial charge in [0.25, 0.3) is 11.1 Å². The number of rotatable bonds is 6. The zero-order chi connectivity index (χ0) is 20.3. The Morgan fingerprint density at radius 3 is 2.39 bits per heavy atom. The summed E-state index contributed by atoms with van der Waals surface area (Å²) in [7, 11) is 0. The smallest absolute Gasteiger partial charge is 0.293 e. The first kappa shape index (κ1) is 20.3. The highest BCUT2D eigenvalue weighted by Gasteiger charge is 2.35. The molecule has 1 saturated heterocycles. The first-order chi connectivity index (χ1) is 13.4. The van der Waals surface area contributed by atoms with Gasteiger partial charge in [-0.25, -0.2) is 0 Å². The van der Waals surface area contributed by atoms with Crippen LogP contribution < -0.4 is 4.90 Å². The summed E-state index contributed by atoms with van der Waals surface area (Å²) in [6.07, 6.45) is 1.56. The molecular formula is C21H21ClN2O3S. The monoisotopic (exact) mass is 416 g/mol. The first-order valence-electron chi connectivity index (χ1n) is 9.00. The lowest BCUT2D eigenvalue weighted by atomic mass is 10.1. The number of phenolic OH excluding ortho intramolecular Hbond substituents is 1. The fraction of sp³-hybridized carbons (Fsp3) is 0.238. The number of halogens is 1. The lowest BCUT2D eigenvalue weighted by Crippen LogP contribution is -2.27. The first-order valence-corrected chi connectivity index (χ1v) is 10.2. The van der Waals surface area contributed by atoms with E-state index in [0.717, 1.165) is 36.1 Å². The second-order valence-electron chi connectivity index (χ2n) is 6.31. The molecule has 0 saturated carbocycles. The van der Waals surface area contributed by atoms with Crippen molar-refractivity contribution in [2.24, 2.45) is 0 Å². The summed E-state index contributed by atoms with van der Waals surface area (Å²) in [4.78, 5) is 28.6. The highest BCUT2D eigenvalue weighted by atomic mass is 35.5. The van der Waals surface area contributed by atoms with Gasteiger partial charge in [-0.3, -0.25) is 14.5 Å². The van der Waals surface area contributed by atoms with E-state index in [-0.39, 0.29) is 23.4 Å². The molecule has 0 bridgehead atoms. The van der Waals surface area contributed by atoms with Crippen LogP contribution in [0.15, 0.2) is 47.4 Å². The normalized spacial score (nSPS) is 15.5. The highest BCUT2D eigenvalue weighted by molar-refractivity contribution is 8.18. The van der Waals surface area contributed by atoms with E-state index in [2.05, 4.69) is 4.90 Å². The molecule has 0 aliphatic carbocycles. The molecule has 1 fully saturated rings. The summed E-state index contributed by atoms with van der Waals surface area (Å²) in [6.45, 7) is 5.94. The van der Waals surface area contributed by atoms with Gasteiger partial charge < -0.3 is 10.0 Å². The number of hydrogen-bond donors (Lipinski definition) is 1. The molecule has 2 amide bonds. The molecule has 3 rings (SSSR count). The van der Waals surface area contributed by atoms with Crippen LogP contribution in [0.5, 0.6) is 5.75 Å². The summed E-state index contributed by atoms with van der Waals surface area (Å²) >= 11 is 6.75. The van der Waals surface area contributed by atoms with Gasteiger partial charge in [0.05, 0.1) is 11.4 Å². The van der Waals surface area contributed by atoms with Crippen molar-refractivity contribution in [1.29, 1.82) is 0 Å².